The minimum Gasteiger partial charge on any atom is -0.443 e. The van der Waals surface area contributed by atoms with Crippen LogP contribution in [0.25, 0.3) is 0 Å². The molecule has 23 heavy (non-hydrogen) atoms. The number of hydrogen-bond acceptors (Lipinski definition) is 5. The Hall–Kier alpha value is -1.70. The molecule has 1 rings (SSSR count). The molecule has 0 fully saturated rings. The largest absolute Gasteiger partial charge is 0.443 e. The predicted octanol–water partition coefficient (Wildman–Crippen LogP) is 4.66. The van der Waals surface area contributed by atoms with Gasteiger partial charge in [0.05, 0.1) is 11.9 Å². The number of ether oxygens (including phenoxy) is 2. The Morgan fingerprint density at radius 2 is 1.52 bits per heavy atom. The van der Waals surface area contributed by atoms with Crippen molar-refractivity contribution >= 4 is 33.8 Å². The Labute approximate surface area is 143 Å². The third-order valence-electron chi connectivity index (χ3n) is 2.18. The van der Waals surface area contributed by atoms with Crippen LogP contribution in [0.3, 0.4) is 0 Å². The number of rotatable bonds is 1. The van der Waals surface area contributed by atoms with Gasteiger partial charge in [-0.25, -0.2) is 19.0 Å². The molecule has 0 aliphatic carbocycles. The molecule has 0 aliphatic heterocycles. The van der Waals surface area contributed by atoms with E-state index in [1.165, 1.54) is 0 Å². The smallest absolute Gasteiger partial charge is 0.424 e. The quantitative estimate of drug-likeness (QED) is 0.652. The molecular formula is C15H20BrFN2O4. The highest BCUT2D eigenvalue weighted by molar-refractivity contribution is 9.10. The molecule has 0 saturated carbocycles. The van der Waals surface area contributed by atoms with E-state index in [4.69, 9.17) is 9.47 Å². The molecule has 8 heteroatoms. The summed E-state index contributed by atoms with van der Waals surface area (Å²) in [6.07, 6.45) is -1.02. The zero-order chi connectivity index (χ0) is 18.0. The average molecular weight is 391 g/mol. The molecule has 6 nitrogen and oxygen atoms in total. The predicted molar refractivity (Wildman–Crippen MR) is 86.8 cm³/mol. The maximum atomic E-state index is 13.5. The van der Waals surface area contributed by atoms with E-state index in [9.17, 15) is 14.0 Å². The standard InChI is InChI=1S/C15H20BrFN2O4/c1-14(2,3)22-12(20)19(13(21)23-15(4,5)6)10-7-9(17)8-18-11(10)16/h7-8H,1-6H3. The summed E-state index contributed by atoms with van der Waals surface area (Å²) >= 11 is 3.09. The van der Waals surface area contributed by atoms with Crippen LogP contribution in [0.5, 0.6) is 0 Å². The maximum absolute atomic E-state index is 13.5. The Morgan fingerprint density at radius 3 is 1.91 bits per heavy atom. The minimum atomic E-state index is -0.986. The first-order valence-electron chi connectivity index (χ1n) is 6.87. The van der Waals surface area contributed by atoms with Crippen molar-refractivity contribution in [2.24, 2.45) is 0 Å². The van der Waals surface area contributed by atoms with Gasteiger partial charge in [0.25, 0.3) is 0 Å². The normalized spacial score (nSPS) is 11.8. The van der Waals surface area contributed by atoms with Crippen LogP contribution in [0.15, 0.2) is 16.9 Å². The van der Waals surface area contributed by atoms with Crippen molar-refractivity contribution in [2.45, 2.75) is 52.7 Å². The number of nitrogens with zero attached hydrogens (tertiary/aromatic N) is 2. The lowest BCUT2D eigenvalue weighted by molar-refractivity contribution is 0.0430. The third-order valence-corrected chi connectivity index (χ3v) is 2.79. The van der Waals surface area contributed by atoms with Crippen molar-refractivity contribution in [3.05, 3.63) is 22.7 Å². The summed E-state index contributed by atoms with van der Waals surface area (Å²) in [5.74, 6) is -0.708. The first-order valence-corrected chi connectivity index (χ1v) is 7.66. The minimum absolute atomic E-state index is 0.103. The highest BCUT2D eigenvalue weighted by atomic mass is 79.9. The van der Waals surface area contributed by atoms with Crippen LogP contribution in [0, 0.1) is 5.82 Å². The van der Waals surface area contributed by atoms with Crippen LogP contribution >= 0.6 is 15.9 Å². The van der Waals surface area contributed by atoms with Gasteiger partial charge in [-0.1, -0.05) is 0 Å². The number of hydrogen-bond donors (Lipinski definition) is 0. The lowest BCUT2D eigenvalue weighted by atomic mass is 10.2. The molecule has 0 aliphatic rings. The first-order chi connectivity index (χ1) is 10.3. The fraction of sp³-hybridized carbons (Fsp3) is 0.533. The molecule has 1 heterocycles. The van der Waals surface area contributed by atoms with Crippen molar-refractivity contribution in [1.29, 1.82) is 0 Å². The van der Waals surface area contributed by atoms with Crippen molar-refractivity contribution in [2.75, 3.05) is 4.90 Å². The van der Waals surface area contributed by atoms with Gasteiger partial charge in [-0.15, -0.1) is 0 Å². The Kier molecular flexibility index (Phi) is 5.74. The molecule has 0 N–H and O–H groups in total. The number of anilines is 1. The van der Waals surface area contributed by atoms with Crippen LogP contribution in [-0.4, -0.2) is 28.4 Å². The molecule has 128 valence electrons. The number of amides is 2. The SMILES string of the molecule is CC(C)(C)OC(=O)N(C(=O)OC(C)(C)C)c1cc(F)cnc1Br. The number of carbonyl (C=O) groups excluding carboxylic acids is 2. The van der Waals surface area contributed by atoms with Gasteiger partial charge in [-0.3, -0.25) is 0 Å². The third kappa shape index (κ3) is 6.13. The summed E-state index contributed by atoms with van der Waals surface area (Å²) in [5.41, 5.74) is -1.79. The summed E-state index contributed by atoms with van der Waals surface area (Å²) in [4.78, 5) is 29.1. The lowest BCUT2D eigenvalue weighted by Gasteiger charge is -2.28. The second-order valence-corrected chi connectivity index (χ2v) is 7.51. The topological polar surface area (TPSA) is 68.7 Å². The molecule has 1 aromatic heterocycles. The van der Waals surface area contributed by atoms with Gasteiger partial charge in [0.2, 0.25) is 0 Å². The van der Waals surface area contributed by atoms with E-state index in [0.717, 1.165) is 12.3 Å². The summed E-state index contributed by atoms with van der Waals surface area (Å²) in [6.45, 7) is 9.90. The van der Waals surface area contributed by atoms with Gasteiger partial charge in [-0.2, -0.15) is 4.90 Å². The summed E-state index contributed by atoms with van der Waals surface area (Å²) in [6, 6.07) is 0.991. The highest BCUT2D eigenvalue weighted by Crippen LogP contribution is 2.28. The number of halogens is 2. The van der Waals surface area contributed by atoms with E-state index in [1.807, 2.05) is 0 Å². The Bertz CT molecular complexity index is 580. The molecule has 2 amide bonds. The van der Waals surface area contributed by atoms with Crippen molar-refractivity contribution in [1.82, 2.24) is 4.98 Å². The zero-order valence-electron chi connectivity index (χ0n) is 13.9. The second-order valence-electron chi connectivity index (χ2n) is 6.76. The summed E-state index contributed by atoms with van der Waals surface area (Å²) in [5, 5.41) is 0. The van der Waals surface area contributed by atoms with Crippen LogP contribution in [0.2, 0.25) is 0 Å². The van der Waals surface area contributed by atoms with Crippen LogP contribution < -0.4 is 4.90 Å². The Morgan fingerprint density at radius 1 is 1.09 bits per heavy atom. The van der Waals surface area contributed by atoms with Crippen molar-refractivity contribution < 1.29 is 23.5 Å². The monoisotopic (exact) mass is 390 g/mol. The molecule has 0 aromatic carbocycles. The summed E-state index contributed by atoms with van der Waals surface area (Å²) in [7, 11) is 0. The molecule has 0 spiro atoms. The van der Waals surface area contributed by atoms with Gasteiger partial charge in [0, 0.05) is 6.07 Å². The van der Waals surface area contributed by atoms with Gasteiger partial charge >= 0.3 is 12.2 Å². The van der Waals surface area contributed by atoms with E-state index < -0.39 is 29.2 Å². The van der Waals surface area contributed by atoms with E-state index in [1.54, 1.807) is 41.5 Å². The number of aromatic nitrogens is 1. The molecule has 0 saturated heterocycles. The van der Waals surface area contributed by atoms with Crippen LogP contribution in [0.4, 0.5) is 19.7 Å². The molecule has 0 unspecified atom stereocenters. The molecule has 0 bridgehead atoms. The van der Waals surface area contributed by atoms with Gasteiger partial charge in [0.1, 0.15) is 21.6 Å². The molecule has 0 atom stereocenters. The second kappa shape index (κ2) is 6.82. The molecule has 1 aromatic rings. The van der Waals surface area contributed by atoms with E-state index in [0.29, 0.717) is 4.90 Å². The first kappa shape index (κ1) is 19.3. The molecule has 0 radical (unpaired) electrons. The van der Waals surface area contributed by atoms with Crippen LogP contribution in [0.1, 0.15) is 41.5 Å². The molecular weight excluding hydrogens is 371 g/mol. The van der Waals surface area contributed by atoms with Gasteiger partial charge in [-0.05, 0) is 57.5 Å². The maximum Gasteiger partial charge on any atom is 0.424 e. The lowest BCUT2D eigenvalue weighted by Crippen LogP contribution is -2.44. The number of pyridine rings is 1. The van der Waals surface area contributed by atoms with E-state index in [2.05, 4.69) is 20.9 Å². The van der Waals surface area contributed by atoms with E-state index >= 15 is 0 Å². The zero-order valence-corrected chi connectivity index (χ0v) is 15.5. The van der Waals surface area contributed by atoms with Crippen LogP contribution in [-0.2, 0) is 9.47 Å². The van der Waals surface area contributed by atoms with Gasteiger partial charge < -0.3 is 9.47 Å². The van der Waals surface area contributed by atoms with Crippen molar-refractivity contribution in [3.8, 4) is 0 Å². The van der Waals surface area contributed by atoms with Crippen molar-refractivity contribution in [3.63, 3.8) is 0 Å². The number of imide groups is 1. The van der Waals surface area contributed by atoms with E-state index in [-0.39, 0.29) is 10.3 Å². The Balaban J connectivity index is 3.28. The van der Waals surface area contributed by atoms with Gasteiger partial charge in [0.15, 0.2) is 0 Å². The average Bonchev–Trinajstić information content (AvgIpc) is 2.29. The fourth-order valence-corrected chi connectivity index (χ4v) is 1.85. The number of carbonyl (C=O) groups is 2. The highest BCUT2D eigenvalue weighted by Gasteiger charge is 2.34. The fourth-order valence-electron chi connectivity index (χ4n) is 1.46. The summed E-state index contributed by atoms with van der Waals surface area (Å²) < 4.78 is 24.0.